The molecule has 0 saturated carbocycles. The summed E-state index contributed by atoms with van der Waals surface area (Å²) in [5.41, 5.74) is 0.287. The molecule has 8 nitrogen and oxygen atoms in total. The molecule has 0 unspecified atom stereocenters. The van der Waals surface area contributed by atoms with Crippen LogP contribution in [0.5, 0.6) is 0 Å². The summed E-state index contributed by atoms with van der Waals surface area (Å²) in [6, 6.07) is 4.32. The summed E-state index contributed by atoms with van der Waals surface area (Å²) in [5.74, 6) is -2.35. The van der Waals surface area contributed by atoms with Crippen LogP contribution >= 0.6 is 15.9 Å². The monoisotopic (exact) mass is 346 g/mol. The SMILES string of the molecule is O=C(O)CN(CC(=O)O)Cc1cccc([N+](=O)[O-])c1Br. The number of carboxylic acids is 2. The second-order valence-corrected chi connectivity index (χ2v) is 4.73. The Bertz CT molecular complexity index is 532. The van der Waals surface area contributed by atoms with Crippen LogP contribution in [0.3, 0.4) is 0 Å². The largest absolute Gasteiger partial charge is 0.480 e. The molecule has 1 rings (SSSR count). The maximum absolute atomic E-state index is 10.8. The Labute approximate surface area is 121 Å². The van der Waals surface area contributed by atoms with Gasteiger partial charge in [0.1, 0.15) is 0 Å². The van der Waals surface area contributed by atoms with E-state index in [1.807, 2.05) is 0 Å². The fraction of sp³-hybridized carbons (Fsp3) is 0.273. The number of rotatable bonds is 7. The minimum absolute atomic E-state index is 0.0269. The lowest BCUT2D eigenvalue weighted by Crippen LogP contribution is -2.34. The van der Waals surface area contributed by atoms with E-state index in [0.29, 0.717) is 5.56 Å². The first-order chi connectivity index (χ1) is 9.31. The zero-order valence-electron chi connectivity index (χ0n) is 10.2. The van der Waals surface area contributed by atoms with Gasteiger partial charge in [-0.05, 0) is 21.5 Å². The Morgan fingerprint density at radius 1 is 1.25 bits per heavy atom. The molecule has 0 aliphatic carbocycles. The van der Waals surface area contributed by atoms with Crippen molar-refractivity contribution in [1.29, 1.82) is 0 Å². The number of hydrogen-bond donors (Lipinski definition) is 2. The highest BCUT2D eigenvalue weighted by Gasteiger charge is 2.19. The van der Waals surface area contributed by atoms with Crippen molar-refractivity contribution in [2.75, 3.05) is 13.1 Å². The fourth-order valence-corrected chi connectivity index (χ4v) is 2.16. The van der Waals surface area contributed by atoms with Crippen LogP contribution in [0.1, 0.15) is 5.56 Å². The number of carboxylic acid groups (broad SMARTS) is 2. The number of nitro benzene ring substituents is 1. The first kappa shape index (κ1) is 16.1. The molecule has 0 aliphatic rings. The third kappa shape index (κ3) is 4.59. The number of halogens is 1. The van der Waals surface area contributed by atoms with Gasteiger partial charge >= 0.3 is 11.9 Å². The first-order valence-corrected chi connectivity index (χ1v) is 6.18. The Balaban J connectivity index is 2.98. The van der Waals surface area contributed by atoms with Gasteiger partial charge < -0.3 is 10.2 Å². The van der Waals surface area contributed by atoms with Crippen LogP contribution in [0.25, 0.3) is 0 Å². The summed E-state index contributed by atoms with van der Waals surface area (Å²) in [6.07, 6.45) is 0. The molecule has 0 aromatic heterocycles. The van der Waals surface area contributed by atoms with E-state index in [-0.39, 0.29) is 16.7 Å². The molecule has 0 fully saturated rings. The summed E-state index contributed by atoms with van der Waals surface area (Å²) in [7, 11) is 0. The zero-order valence-corrected chi connectivity index (χ0v) is 11.7. The van der Waals surface area contributed by atoms with Crippen molar-refractivity contribution in [3.05, 3.63) is 38.3 Å². The molecule has 0 bridgehead atoms. The molecule has 9 heteroatoms. The quantitative estimate of drug-likeness (QED) is 0.564. The molecule has 0 spiro atoms. The van der Waals surface area contributed by atoms with Gasteiger partial charge in [0, 0.05) is 12.6 Å². The van der Waals surface area contributed by atoms with Crippen LogP contribution in [0.4, 0.5) is 5.69 Å². The predicted octanol–water partition coefficient (Wildman–Crippen LogP) is 1.33. The molecule has 0 aliphatic heterocycles. The highest BCUT2D eigenvalue weighted by Crippen LogP contribution is 2.29. The van der Waals surface area contributed by atoms with Crippen molar-refractivity contribution >= 4 is 33.6 Å². The number of nitro groups is 1. The molecular formula is C11H11BrN2O6. The highest BCUT2D eigenvalue weighted by molar-refractivity contribution is 9.10. The van der Waals surface area contributed by atoms with Gasteiger partial charge in [0.25, 0.3) is 5.69 Å². The summed E-state index contributed by atoms with van der Waals surface area (Å²) in [6.45, 7) is -0.969. The Hall–Kier alpha value is -2.00. The molecule has 108 valence electrons. The lowest BCUT2D eigenvalue weighted by atomic mass is 10.2. The molecule has 0 saturated heterocycles. The van der Waals surface area contributed by atoms with E-state index in [4.69, 9.17) is 10.2 Å². The standard InChI is InChI=1S/C11H11BrN2O6/c12-11-7(2-1-3-8(11)14(19)20)4-13(5-9(15)16)6-10(17)18/h1-3H,4-6H2,(H,15,16)(H,17,18). The van der Waals surface area contributed by atoms with Crippen molar-refractivity contribution in [3.63, 3.8) is 0 Å². The van der Waals surface area contributed by atoms with Crippen molar-refractivity contribution in [3.8, 4) is 0 Å². The summed E-state index contributed by atoms with van der Waals surface area (Å²) in [4.78, 5) is 32.7. The average Bonchev–Trinajstić information content (AvgIpc) is 2.29. The first-order valence-electron chi connectivity index (χ1n) is 5.39. The van der Waals surface area contributed by atoms with E-state index in [9.17, 15) is 19.7 Å². The molecule has 0 radical (unpaired) electrons. The van der Waals surface area contributed by atoms with Gasteiger partial charge in [0.05, 0.1) is 22.5 Å². The Kier molecular flexibility index (Phi) is 5.59. The number of carbonyl (C=O) groups is 2. The third-order valence-corrected chi connectivity index (χ3v) is 3.28. The predicted molar refractivity (Wildman–Crippen MR) is 71.3 cm³/mol. The van der Waals surface area contributed by atoms with Crippen molar-refractivity contribution in [1.82, 2.24) is 4.90 Å². The van der Waals surface area contributed by atoms with Crippen LogP contribution in [0.15, 0.2) is 22.7 Å². The van der Waals surface area contributed by atoms with E-state index in [0.717, 1.165) is 4.90 Å². The average molecular weight is 347 g/mol. The highest BCUT2D eigenvalue weighted by atomic mass is 79.9. The van der Waals surface area contributed by atoms with Gasteiger partial charge in [-0.15, -0.1) is 0 Å². The summed E-state index contributed by atoms with van der Waals surface area (Å²) < 4.78 is 0.214. The van der Waals surface area contributed by atoms with Crippen LogP contribution in [-0.4, -0.2) is 45.1 Å². The smallest absolute Gasteiger partial charge is 0.317 e. The normalized spacial score (nSPS) is 10.5. The van der Waals surface area contributed by atoms with E-state index in [1.54, 1.807) is 6.07 Å². The molecule has 0 heterocycles. The maximum atomic E-state index is 10.8. The Morgan fingerprint density at radius 2 is 1.80 bits per heavy atom. The van der Waals surface area contributed by atoms with Gasteiger partial charge in [-0.2, -0.15) is 0 Å². The number of nitrogens with zero attached hydrogens (tertiary/aromatic N) is 2. The Morgan fingerprint density at radius 3 is 2.25 bits per heavy atom. The van der Waals surface area contributed by atoms with Crippen LogP contribution in [0, 0.1) is 10.1 Å². The minimum Gasteiger partial charge on any atom is -0.480 e. The van der Waals surface area contributed by atoms with E-state index in [1.165, 1.54) is 12.1 Å². The van der Waals surface area contributed by atoms with Gasteiger partial charge in [-0.1, -0.05) is 12.1 Å². The van der Waals surface area contributed by atoms with Gasteiger partial charge in [-0.25, -0.2) is 0 Å². The topological polar surface area (TPSA) is 121 Å². The molecule has 0 atom stereocenters. The van der Waals surface area contributed by atoms with Crippen LogP contribution < -0.4 is 0 Å². The molecule has 1 aromatic rings. The van der Waals surface area contributed by atoms with Crippen molar-refractivity contribution in [2.24, 2.45) is 0 Å². The molecule has 20 heavy (non-hydrogen) atoms. The van der Waals surface area contributed by atoms with Gasteiger partial charge in [0.2, 0.25) is 0 Å². The fourth-order valence-electron chi connectivity index (χ4n) is 1.62. The summed E-state index contributed by atoms with van der Waals surface area (Å²) in [5, 5.41) is 28.3. The second kappa shape index (κ2) is 6.96. The number of hydrogen-bond acceptors (Lipinski definition) is 5. The van der Waals surface area contributed by atoms with Crippen LogP contribution in [-0.2, 0) is 16.1 Å². The van der Waals surface area contributed by atoms with E-state index >= 15 is 0 Å². The van der Waals surface area contributed by atoms with Crippen LogP contribution in [0.2, 0.25) is 0 Å². The maximum Gasteiger partial charge on any atom is 0.317 e. The van der Waals surface area contributed by atoms with Crippen molar-refractivity contribution in [2.45, 2.75) is 6.54 Å². The summed E-state index contributed by atoms with van der Waals surface area (Å²) >= 11 is 3.08. The van der Waals surface area contributed by atoms with Gasteiger partial charge in [0.15, 0.2) is 0 Å². The molecular weight excluding hydrogens is 336 g/mol. The van der Waals surface area contributed by atoms with Gasteiger partial charge in [-0.3, -0.25) is 24.6 Å². The lowest BCUT2D eigenvalue weighted by molar-refractivity contribution is -0.385. The minimum atomic E-state index is -1.17. The molecule has 1 aromatic carbocycles. The molecule has 2 N–H and O–H groups in total. The van der Waals surface area contributed by atoms with Crippen molar-refractivity contribution < 1.29 is 24.7 Å². The van der Waals surface area contributed by atoms with E-state index < -0.39 is 30.0 Å². The zero-order chi connectivity index (χ0) is 15.3. The number of benzene rings is 1. The number of aliphatic carboxylic acids is 2. The second-order valence-electron chi connectivity index (χ2n) is 3.94. The lowest BCUT2D eigenvalue weighted by Gasteiger charge is -2.18. The molecule has 0 amide bonds. The third-order valence-electron chi connectivity index (χ3n) is 2.37. The van der Waals surface area contributed by atoms with E-state index in [2.05, 4.69) is 15.9 Å².